The van der Waals surface area contributed by atoms with Gasteiger partial charge in [0.15, 0.2) is 0 Å². The molecule has 0 saturated heterocycles. The van der Waals surface area contributed by atoms with Crippen molar-refractivity contribution in [1.29, 1.82) is 0 Å². The van der Waals surface area contributed by atoms with E-state index in [1.165, 1.54) is 10.4 Å². The third kappa shape index (κ3) is 5.39. The summed E-state index contributed by atoms with van der Waals surface area (Å²) in [5, 5.41) is 7.51. The molecule has 0 spiro atoms. The highest BCUT2D eigenvalue weighted by molar-refractivity contribution is 6.89. The Kier molecular flexibility index (Phi) is 6.89. The van der Waals surface area contributed by atoms with Crippen LogP contribution >= 0.6 is 0 Å². The Labute approximate surface area is 229 Å². The van der Waals surface area contributed by atoms with Gasteiger partial charge in [-0.25, -0.2) is 0 Å². The van der Waals surface area contributed by atoms with Crippen LogP contribution in [0.4, 0.5) is 0 Å². The summed E-state index contributed by atoms with van der Waals surface area (Å²) < 4.78 is 0. The minimum absolute atomic E-state index is 1.05. The topological polar surface area (TPSA) is 0 Å². The molecule has 0 nitrogen and oxygen atoms in total. The lowest BCUT2D eigenvalue weighted by Crippen LogP contribution is -2.37. The van der Waals surface area contributed by atoms with Crippen LogP contribution in [-0.2, 0) is 0 Å². The molecule has 186 valence electrons. The predicted molar refractivity (Wildman–Crippen MR) is 172 cm³/mol. The second-order valence-electron chi connectivity index (χ2n) is 12.0. The first-order chi connectivity index (χ1) is 18.1. The molecule has 0 unspecified atom stereocenters. The van der Waals surface area contributed by atoms with Gasteiger partial charge in [0.05, 0.1) is 16.1 Å². The van der Waals surface area contributed by atoms with Crippen molar-refractivity contribution in [1.82, 2.24) is 0 Å². The average molecular weight is 523 g/mol. The molecule has 0 atom stereocenters. The molecule has 0 radical (unpaired) electrons. The van der Waals surface area contributed by atoms with Gasteiger partial charge in [0, 0.05) is 22.3 Å². The minimum Gasteiger partial charge on any atom is -0.0656 e. The van der Waals surface area contributed by atoms with E-state index in [1.807, 2.05) is 0 Å². The number of rotatable bonds is 2. The van der Waals surface area contributed by atoms with Crippen molar-refractivity contribution < 1.29 is 0 Å². The minimum atomic E-state index is -1.33. The zero-order chi connectivity index (χ0) is 26.9. The van der Waals surface area contributed by atoms with Crippen molar-refractivity contribution in [2.24, 2.45) is 0 Å². The molecule has 5 aromatic carbocycles. The van der Waals surface area contributed by atoms with Gasteiger partial charge in [-0.1, -0.05) is 146 Å². The highest BCUT2D eigenvalue weighted by Gasteiger charge is 2.16. The highest BCUT2D eigenvalue weighted by atomic mass is 28.3. The number of hydrogen-bond acceptors (Lipinski definition) is 0. The van der Waals surface area contributed by atoms with Gasteiger partial charge < -0.3 is 0 Å². The van der Waals surface area contributed by atoms with Crippen LogP contribution in [0.1, 0.15) is 22.3 Å². The quantitative estimate of drug-likeness (QED) is 0.126. The Balaban J connectivity index is 1.63. The van der Waals surface area contributed by atoms with Crippen molar-refractivity contribution in [3.05, 3.63) is 119 Å². The first kappa shape index (κ1) is 25.8. The number of hydrogen-bond donors (Lipinski definition) is 0. The Hall–Kier alpha value is -3.83. The van der Waals surface area contributed by atoms with Crippen molar-refractivity contribution in [3.8, 4) is 23.7 Å². The van der Waals surface area contributed by atoms with Crippen LogP contribution in [0.5, 0.6) is 0 Å². The lowest BCUT2D eigenvalue weighted by molar-refractivity contribution is 1.63. The summed E-state index contributed by atoms with van der Waals surface area (Å²) >= 11 is 0. The van der Waals surface area contributed by atoms with Crippen LogP contribution in [0.2, 0.25) is 39.3 Å². The van der Waals surface area contributed by atoms with E-state index in [9.17, 15) is 0 Å². The van der Waals surface area contributed by atoms with Crippen LogP contribution in [0.25, 0.3) is 21.5 Å². The standard InChI is InChI=1S/C36H34Si2/c1-37(2,3)29-21-15-27(16-22-29)19-25-35-31-11-7-9-13-33(31)36(34-14-10-8-12-32(34)35)26-20-28-17-23-30(24-18-28)38(4,5)6/h7-18,21-24H,1-6H3. The first-order valence-corrected chi connectivity index (χ1v) is 20.3. The maximum Gasteiger partial charge on any atom is 0.0775 e. The summed E-state index contributed by atoms with van der Waals surface area (Å²) in [6, 6.07) is 34.7. The van der Waals surface area contributed by atoms with E-state index in [2.05, 4.69) is 160 Å². The zero-order valence-electron chi connectivity index (χ0n) is 23.2. The van der Waals surface area contributed by atoms with Crippen LogP contribution in [0, 0.1) is 23.7 Å². The van der Waals surface area contributed by atoms with E-state index in [0.717, 1.165) is 43.8 Å². The smallest absolute Gasteiger partial charge is 0.0656 e. The average Bonchev–Trinajstić information content (AvgIpc) is 2.90. The molecule has 0 N–H and O–H groups in total. The molecule has 0 amide bonds. The molecule has 0 aromatic heterocycles. The monoisotopic (exact) mass is 522 g/mol. The van der Waals surface area contributed by atoms with Gasteiger partial charge in [-0.05, 0) is 45.8 Å². The predicted octanol–water partition coefficient (Wildman–Crippen LogP) is 7.88. The van der Waals surface area contributed by atoms with Gasteiger partial charge in [-0.15, -0.1) is 0 Å². The Morgan fingerprint density at radius 3 is 0.921 bits per heavy atom. The summed E-state index contributed by atoms with van der Waals surface area (Å²) in [5.74, 6) is 14.0. The Bertz CT molecular complexity index is 1560. The first-order valence-electron chi connectivity index (χ1n) is 13.3. The molecule has 2 heteroatoms. The molecule has 0 bridgehead atoms. The van der Waals surface area contributed by atoms with Crippen molar-refractivity contribution in [2.75, 3.05) is 0 Å². The fourth-order valence-electron chi connectivity index (χ4n) is 4.77. The van der Waals surface area contributed by atoms with Crippen molar-refractivity contribution in [2.45, 2.75) is 39.3 Å². The molecule has 38 heavy (non-hydrogen) atoms. The summed E-state index contributed by atoms with van der Waals surface area (Å²) in [7, 11) is -2.65. The van der Waals surface area contributed by atoms with Gasteiger partial charge in [0.1, 0.15) is 0 Å². The summed E-state index contributed by atoms with van der Waals surface area (Å²) in [4.78, 5) is 0. The fourth-order valence-corrected chi connectivity index (χ4v) is 7.11. The molecule has 5 aromatic rings. The summed E-state index contributed by atoms with van der Waals surface area (Å²) in [6.07, 6.45) is 0. The van der Waals surface area contributed by atoms with Gasteiger partial charge in [-0.3, -0.25) is 0 Å². The summed E-state index contributed by atoms with van der Waals surface area (Å²) in [5.41, 5.74) is 4.22. The SMILES string of the molecule is C[Si](C)(C)c1ccc(C#Cc2c3ccccc3c(C#Cc3ccc([Si](C)(C)C)cc3)c3ccccc23)cc1. The second-order valence-corrected chi connectivity index (χ2v) is 22.2. The van der Waals surface area contributed by atoms with Crippen LogP contribution in [0.15, 0.2) is 97.1 Å². The van der Waals surface area contributed by atoms with Gasteiger partial charge in [0.25, 0.3) is 0 Å². The maximum absolute atomic E-state index is 3.54. The zero-order valence-corrected chi connectivity index (χ0v) is 25.2. The molecule has 0 saturated carbocycles. The number of benzene rings is 5. The Morgan fingerprint density at radius 2 is 0.658 bits per heavy atom. The lowest BCUT2D eigenvalue weighted by atomic mass is 9.92. The molecular weight excluding hydrogens is 489 g/mol. The Morgan fingerprint density at radius 1 is 0.368 bits per heavy atom. The van der Waals surface area contributed by atoms with Crippen molar-refractivity contribution in [3.63, 3.8) is 0 Å². The van der Waals surface area contributed by atoms with Crippen molar-refractivity contribution >= 4 is 48.1 Å². The van der Waals surface area contributed by atoms with E-state index in [-0.39, 0.29) is 0 Å². The van der Waals surface area contributed by atoms with Crippen LogP contribution < -0.4 is 10.4 Å². The third-order valence-corrected chi connectivity index (χ3v) is 11.2. The highest BCUT2D eigenvalue weighted by Crippen LogP contribution is 2.32. The number of fused-ring (bicyclic) bond motifs is 2. The second kappa shape index (κ2) is 10.1. The van der Waals surface area contributed by atoms with E-state index in [0.29, 0.717) is 0 Å². The molecule has 0 aliphatic rings. The third-order valence-electron chi connectivity index (χ3n) is 7.10. The molecule has 0 aliphatic heterocycles. The van der Waals surface area contributed by atoms with E-state index in [1.54, 1.807) is 0 Å². The maximum atomic E-state index is 3.54. The van der Waals surface area contributed by atoms with Gasteiger partial charge in [-0.2, -0.15) is 0 Å². The fraction of sp³-hybridized carbons (Fsp3) is 0.167. The molecule has 0 aliphatic carbocycles. The summed E-state index contributed by atoms with van der Waals surface area (Å²) in [6.45, 7) is 14.2. The lowest BCUT2D eigenvalue weighted by Gasteiger charge is -2.16. The molecule has 0 fully saturated rings. The molecule has 5 rings (SSSR count). The van der Waals surface area contributed by atoms with E-state index < -0.39 is 16.1 Å². The van der Waals surface area contributed by atoms with Gasteiger partial charge >= 0.3 is 0 Å². The normalized spacial score (nSPS) is 11.5. The van der Waals surface area contributed by atoms with E-state index >= 15 is 0 Å². The van der Waals surface area contributed by atoms with Crippen LogP contribution in [0.3, 0.4) is 0 Å². The van der Waals surface area contributed by atoms with E-state index in [4.69, 9.17) is 0 Å². The molecular formula is C36H34Si2. The van der Waals surface area contributed by atoms with Crippen LogP contribution in [-0.4, -0.2) is 16.1 Å². The largest absolute Gasteiger partial charge is 0.0775 e. The van der Waals surface area contributed by atoms with Gasteiger partial charge in [0.2, 0.25) is 0 Å². The molecule has 0 heterocycles.